The highest BCUT2D eigenvalue weighted by atomic mass is 19.1. The van der Waals surface area contributed by atoms with Crippen molar-refractivity contribution >= 4 is 11.4 Å². The van der Waals surface area contributed by atoms with Crippen molar-refractivity contribution in [3.8, 4) is 0 Å². The van der Waals surface area contributed by atoms with E-state index < -0.39 is 10.7 Å². The number of non-ortho nitro benzene ring substituents is 1. The van der Waals surface area contributed by atoms with Crippen molar-refractivity contribution in [1.29, 1.82) is 0 Å². The van der Waals surface area contributed by atoms with Gasteiger partial charge in [0.15, 0.2) is 0 Å². The first kappa shape index (κ1) is 15.7. The average Bonchev–Trinajstić information content (AvgIpc) is 2.44. The van der Waals surface area contributed by atoms with Gasteiger partial charge in [0.05, 0.1) is 11.0 Å². The summed E-state index contributed by atoms with van der Waals surface area (Å²) in [5.41, 5.74) is 0.420. The predicted molar refractivity (Wildman–Crippen MR) is 81.1 cm³/mol. The molecule has 1 atom stereocenters. The van der Waals surface area contributed by atoms with Crippen LogP contribution in [0.2, 0.25) is 0 Å². The maximum absolute atomic E-state index is 13.6. The Kier molecular flexibility index (Phi) is 5.12. The molecular formula is C15H22FN3O2. The predicted octanol–water partition coefficient (Wildman–Crippen LogP) is 2.95. The molecule has 1 N–H and O–H groups in total. The second-order valence-corrected chi connectivity index (χ2v) is 5.94. The molecule has 6 heteroatoms. The highest BCUT2D eigenvalue weighted by Crippen LogP contribution is 2.27. The maximum atomic E-state index is 13.6. The van der Waals surface area contributed by atoms with Gasteiger partial charge in [-0.25, -0.2) is 4.39 Å². The Hall–Kier alpha value is -1.69. The molecule has 1 unspecified atom stereocenters. The zero-order valence-electron chi connectivity index (χ0n) is 12.5. The van der Waals surface area contributed by atoms with Crippen molar-refractivity contribution in [3.05, 3.63) is 34.1 Å². The van der Waals surface area contributed by atoms with Crippen LogP contribution in [0.15, 0.2) is 18.2 Å². The molecule has 1 aliphatic heterocycles. The lowest BCUT2D eigenvalue weighted by Crippen LogP contribution is -2.41. The molecule has 21 heavy (non-hydrogen) atoms. The molecule has 0 bridgehead atoms. The molecule has 0 amide bonds. The number of nitro benzene ring substituents is 1. The van der Waals surface area contributed by atoms with E-state index in [0.29, 0.717) is 17.6 Å². The summed E-state index contributed by atoms with van der Waals surface area (Å²) < 4.78 is 13.6. The molecule has 0 spiro atoms. The number of nitrogens with zero attached hydrogens (tertiary/aromatic N) is 2. The molecule has 0 saturated carbocycles. The van der Waals surface area contributed by atoms with Gasteiger partial charge in [-0.3, -0.25) is 10.1 Å². The number of rotatable bonds is 5. The van der Waals surface area contributed by atoms with Gasteiger partial charge in [-0.15, -0.1) is 0 Å². The monoisotopic (exact) mass is 295 g/mol. The zero-order valence-corrected chi connectivity index (χ0v) is 12.5. The van der Waals surface area contributed by atoms with Crippen LogP contribution in [0, 0.1) is 21.8 Å². The van der Waals surface area contributed by atoms with Gasteiger partial charge in [-0.1, -0.05) is 13.8 Å². The topological polar surface area (TPSA) is 58.4 Å². The maximum Gasteiger partial charge on any atom is 0.274 e. The van der Waals surface area contributed by atoms with Crippen LogP contribution in [-0.2, 0) is 0 Å². The van der Waals surface area contributed by atoms with E-state index in [4.69, 9.17) is 0 Å². The van der Waals surface area contributed by atoms with Gasteiger partial charge in [0.2, 0.25) is 0 Å². The number of nitro groups is 1. The molecule has 2 rings (SSSR count). The minimum Gasteiger partial charge on any atom is -0.371 e. The van der Waals surface area contributed by atoms with Gasteiger partial charge >= 0.3 is 0 Å². The lowest BCUT2D eigenvalue weighted by atomic mass is 9.97. The molecule has 0 aromatic heterocycles. The summed E-state index contributed by atoms with van der Waals surface area (Å²) in [6.07, 6.45) is 2.16. The lowest BCUT2D eigenvalue weighted by Gasteiger charge is -2.34. The highest BCUT2D eigenvalue weighted by Gasteiger charge is 2.22. The Morgan fingerprint density at radius 1 is 1.48 bits per heavy atom. The summed E-state index contributed by atoms with van der Waals surface area (Å²) in [6, 6.07) is 4.24. The van der Waals surface area contributed by atoms with Crippen molar-refractivity contribution in [3.63, 3.8) is 0 Å². The first-order chi connectivity index (χ1) is 9.95. The quantitative estimate of drug-likeness (QED) is 0.670. The summed E-state index contributed by atoms with van der Waals surface area (Å²) in [4.78, 5) is 12.3. The molecular weight excluding hydrogens is 273 g/mol. The second kappa shape index (κ2) is 6.85. The van der Waals surface area contributed by atoms with E-state index in [-0.39, 0.29) is 5.69 Å². The molecule has 1 fully saturated rings. The van der Waals surface area contributed by atoms with Crippen LogP contribution in [0.25, 0.3) is 0 Å². The van der Waals surface area contributed by atoms with Crippen LogP contribution in [-0.4, -0.2) is 30.6 Å². The normalized spacial score (nSPS) is 19.0. The molecule has 1 aliphatic rings. The Labute approximate surface area is 124 Å². The Balaban J connectivity index is 2.08. The molecule has 5 nitrogen and oxygen atoms in total. The van der Waals surface area contributed by atoms with Crippen LogP contribution in [0.4, 0.5) is 15.8 Å². The van der Waals surface area contributed by atoms with E-state index in [9.17, 15) is 14.5 Å². The van der Waals surface area contributed by atoms with Crippen LogP contribution in [0.1, 0.15) is 26.7 Å². The molecule has 1 aromatic rings. The van der Waals surface area contributed by atoms with E-state index >= 15 is 0 Å². The average molecular weight is 295 g/mol. The summed E-state index contributed by atoms with van der Waals surface area (Å²) in [7, 11) is 0. The van der Waals surface area contributed by atoms with Gasteiger partial charge < -0.3 is 10.2 Å². The number of piperidine rings is 1. The van der Waals surface area contributed by atoms with E-state index in [1.807, 2.05) is 4.90 Å². The Morgan fingerprint density at radius 3 is 2.90 bits per heavy atom. The Bertz CT molecular complexity index is 508. The smallest absolute Gasteiger partial charge is 0.274 e. The van der Waals surface area contributed by atoms with E-state index in [2.05, 4.69) is 19.2 Å². The number of hydrogen-bond donors (Lipinski definition) is 1. The number of nitrogens with one attached hydrogen (secondary N) is 1. The standard InChI is InChI=1S/C15H22FN3O2/c1-11(2)17-9-12-4-3-5-18(10-12)14-6-13(16)7-15(8-14)19(20)21/h6-8,11-12,17H,3-5,9-10H2,1-2H3. The molecule has 0 radical (unpaired) electrons. The van der Waals surface area contributed by atoms with Crippen LogP contribution < -0.4 is 10.2 Å². The van der Waals surface area contributed by atoms with Crippen molar-refractivity contribution in [2.24, 2.45) is 5.92 Å². The minimum absolute atomic E-state index is 0.188. The first-order valence-electron chi connectivity index (χ1n) is 7.39. The summed E-state index contributed by atoms with van der Waals surface area (Å²) in [6.45, 7) is 6.76. The fourth-order valence-corrected chi connectivity index (χ4v) is 2.72. The fraction of sp³-hybridized carbons (Fsp3) is 0.600. The number of anilines is 1. The minimum atomic E-state index is -0.554. The van der Waals surface area contributed by atoms with Gasteiger partial charge in [0, 0.05) is 30.9 Å². The molecule has 116 valence electrons. The Morgan fingerprint density at radius 2 is 2.24 bits per heavy atom. The molecule has 0 aliphatic carbocycles. The van der Waals surface area contributed by atoms with E-state index in [0.717, 1.165) is 38.5 Å². The summed E-state index contributed by atoms with van der Waals surface area (Å²) >= 11 is 0. The van der Waals surface area contributed by atoms with Crippen LogP contribution >= 0.6 is 0 Å². The van der Waals surface area contributed by atoms with Gasteiger partial charge in [0.1, 0.15) is 5.82 Å². The SMILES string of the molecule is CC(C)NCC1CCCN(c2cc(F)cc([N+](=O)[O-])c2)C1. The fourth-order valence-electron chi connectivity index (χ4n) is 2.72. The van der Waals surface area contributed by atoms with E-state index in [1.165, 1.54) is 12.1 Å². The second-order valence-electron chi connectivity index (χ2n) is 5.94. The van der Waals surface area contributed by atoms with Crippen molar-refractivity contribution < 1.29 is 9.31 Å². The third kappa shape index (κ3) is 4.39. The first-order valence-corrected chi connectivity index (χ1v) is 7.39. The van der Waals surface area contributed by atoms with Crippen molar-refractivity contribution in [2.75, 3.05) is 24.5 Å². The van der Waals surface area contributed by atoms with Crippen LogP contribution in [0.3, 0.4) is 0 Å². The van der Waals surface area contributed by atoms with Gasteiger partial charge in [-0.2, -0.15) is 0 Å². The van der Waals surface area contributed by atoms with Gasteiger partial charge in [-0.05, 0) is 31.4 Å². The number of benzene rings is 1. The third-order valence-electron chi connectivity index (χ3n) is 3.78. The number of halogens is 1. The number of hydrogen-bond acceptors (Lipinski definition) is 4. The zero-order chi connectivity index (χ0) is 15.4. The summed E-state index contributed by atoms with van der Waals surface area (Å²) in [5, 5.41) is 14.3. The van der Waals surface area contributed by atoms with Crippen LogP contribution in [0.5, 0.6) is 0 Å². The van der Waals surface area contributed by atoms with Crippen molar-refractivity contribution in [1.82, 2.24) is 5.32 Å². The van der Waals surface area contributed by atoms with E-state index in [1.54, 1.807) is 0 Å². The van der Waals surface area contributed by atoms with Crippen molar-refractivity contribution in [2.45, 2.75) is 32.7 Å². The summed E-state index contributed by atoms with van der Waals surface area (Å²) in [5.74, 6) is -0.0647. The molecule has 1 heterocycles. The molecule has 1 saturated heterocycles. The molecule has 1 aromatic carbocycles. The van der Waals surface area contributed by atoms with Gasteiger partial charge in [0.25, 0.3) is 5.69 Å². The largest absolute Gasteiger partial charge is 0.371 e. The lowest BCUT2D eigenvalue weighted by molar-refractivity contribution is -0.385. The highest BCUT2D eigenvalue weighted by molar-refractivity contribution is 5.54. The third-order valence-corrected chi connectivity index (χ3v) is 3.78.